The van der Waals surface area contributed by atoms with Crippen LogP contribution in [0.2, 0.25) is 0 Å². The van der Waals surface area contributed by atoms with Gasteiger partial charge in [-0.2, -0.15) is 0 Å². The molecule has 1 fully saturated rings. The first-order valence-electron chi connectivity index (χ1n) is 5.25. The Kier molecular flexibility index (Phi) is 3.61. The highest BCUT2D eigenvalue weighted by molar-refractivity contribution is 8.23. The zero-order valence-corrected chi connectivity index (χ0v) is 10.7. The number of aryl methyl sites for hydroxylation is 1. The molecule has 0 N–H and O–H groups in total. The minimum atomic E-state index is 0.112. The van der Waals surface area contributed by atoms with E-state index in [1.807, 2.05) is 31.2 Å². The number of carbonyl (C=O) groups is 1. The predicted octanol–water partition coefficient (Wildman–Crippen LogP) is 3.14. The van der Waals surface area contributed by atoms with Crippen molar-refractivity contribution >= 4 is 39.9 Å². The van der Waals surface area contributed by atoms with Crippen molar-refractivity contribution in [2.75, 3.05) is 10.7 Å². The lowest BCUT2D eigenvalue weighted by molar-refractivity contribution is -0.117. The Morgan fingerprint density at radius 2 is 2.25 bits per heavy atom. The van der Waals surface area contributed by atoms with Crippen LogP contribution >= 0.6 is 24.0 Å². The molecule has 2 rings (SSSR count). The number of thioether (sulfide) groups is 1. The number of rotatable bonds is 1. The van der Waals surface area contributed by atoms with Crippen molar-refractivity contribution in [2.45, 2.75) is 19.8 Å². The lowest BCUT2D eigenvalue weighted by Gasteiger charge is -2.20. The van der Waals surface area contributed by atoms with Crippen LogP contribution in [0, 0.1) is 6.92 Å². The molecule has 0 unspecified atom stereocenters. The number of hydrogen-bond donors (Lipinski definition) is 0. The summed E-state index contributed by atoms with van der Waals surface area (Å²) in [5.41, 5.74) is 2.03. The van der Waals surface area contributed by atoms with Gasteiger partial charge in [0, 0.05) is 12.2 Å². The Hall–Kier alpha value is -0.870. The summed E-state index contributed by atoms with van der Waals surface area (Å²) in [6.45, 7) is 2.02. The second-order valence-electron chi connectivity index (χ2n) is 3.79. The lowest BCUT2D eigenvalue weighted by atomic mass is 10.2. The van der Waals surface area contributed by atoms with E-state index >= 15 is 0 Å². The third kappa shape index (κ3) is 2.44. The van der Waals surface area contributed by atoms with Gasteiger partial charge in [0.15, 0.2) is 0 Å². The van der Waals surface area contributed by atoms with Gasteiger partial charge in [-0.3, -0.25) is 9.69 Å². The summed E-state index contributed by atoms with van der Waals surface area (Å²) in [6, 6.07) is 7.90. The molecule has 4 heteroatoms. The Morgan fingerprint density at radius 1 is 1.44 bits per heavy atom. The van der Waals surface area contributed by atoms with Crippen LogP contribution in [0.3, 0.4) is 0 Å². The lowest BCUT2D eigenvalue weighted by Crippen LogP contribution is -2.32. The molecule has 2 nitrogen and oxygen atoms in total. The molecule has 0 bridgehead atoms. The van der Waals surface area contributed by atoms with Crippen LogP contribution in [-0.2, 0) is 4.79 Å². The predicted molar refractivity (Wildman–Crippen MR) is 73.0 cm³/mol. The number of carbonyl (C=O) groups excluding carboxylic acids is 1. The molecule has 0 saturated carbocycles. The fourth-order valence-electron chi connectivity index (χ4n) is 1.68. The fourth-order valence-corrected chi connectivity index (χ4v) is 2.93. The minimum Gasteiger partial charge on any atom is -0.274 e. The standard InChI is InChI=1S/C12H13NOS2/c1-9-4-2-5-10(8-9)13-11(14)6-3-7-16-12(13)15/h2,4-5,8H,3,6-7H2,1H3. The van der Waals surface area contributed by atoms with Gasteiger partial charge in [-0.1, -0.05) is 36.1 Å². The van der Waals surface area contributed by atoms with Crippen LogP contribution in [0.4, 0.5) is 5.69 Å². The normalized spacial score (nSPS) is 17.4. The number of nitrogens with zero attached hydrogens (tertiary/aromatic N) is 1. The zero-order valence-electron chi connectivity index (χ0n) is 9.10. The van der Waals surface area contributed by atoms with E-state index in [0.717, 1.165) is 23.4 Å². The van der Waals surface area contributed by atoms with Crippen molar-refractivity contribution in [3.05, 3.63) is 29.8 Å². The Balaban J connectivity index is 2.36. The molecule has 1 aliphatic heterocycles. The first kappa shape index (κ1) is 11.6. The van der Waals surface area contributed by atoms with Gasteiger partial charge in [-0.25, -0.2) is 0 Å². The molecule has 0 atom stereocenters. The molecule has 1 aliphatic rings. The Labute approximate surface area is 105 Å². The second-order valence-corrected chi connectivity index (χ2v) is 5.51. The average molecular weight is 251 g/mol. The van der Waals surface area contributed by atoms with Crippen molar-refractivity contribution in [2.24, 2.45) is 0 Å². The molecule has 1 saturated heterocycles. The minimum absolute atomic E-state index is 0.112. The van der Waals surface area contributed by atoms with Crippen molar-refractivity contribution in [3.8, 4) is 0 Å². The molecule has 16 heavy (non-hydrogen) atoms. The van der Waals surface area contributed by atoms with E-state index in [0.29, 0.717) is 10.7 Å². The summed E-state index contributed by atoms with van der Waals surface area (Å²) in [4.78, 5) is 13.6. The summed E-state index contributed by atoms with van der Waals surface area (Å²) in [7, 11) is 0. The summed E-state index contributed by atoms with van der Waals surface area (Å²) in [6.07, 6.45) is 1.49. The molecular weight excluding hydrogens is 238 g/mol. The van der Waals surface area contributed by atoms with Crippen molar-refractivity contribution in [1.82, 2.24) is 0 Å². The monoisotopic (exact) mass is 251 g/mol. The topological polar surface area (TPSA) is 20.3 Å². The summed E-state index contributed by atoms with van der Waals surface area (Å²) in [5, 5.41) is 0. The van der Waals surface area contributed by atoms with Gasteiger partial charge in [-0.05, 0) is 31.0 Å². The van der Waals surface area contributed by atoms with Gasteiger partial charge in [0.2, 0.25) is 5.91 Å². The van der Waals surface area contributed by atoms with Gasteiger partial charge >= 0.3 is 0 Å². The zero-order chi connectivity index (χ0) is 11.5. The SMILES string of the molecule is Cc1cccc(N2C(=O)CCCSC2=S)c1. The van der Waals surface area contributed by atoms with E-state index < -0.39 is 0 Å². The summed E-state index contributed by atoms with van der Waals surface area (Å²) < 4.78 is 0.674. The molecule has 1 heterocycles. The maximum atomic E-state index is 12.0. The molecule has 1 aromatic rings. The fraction of sp³-hybridized carbons (Fsp3) is 0.333. The molecule has 0 spiro atoms. The molecule has 1 amide bonds. The largest absolute Gasteiger partial charge is 0.274 e. The maximum Gasteiger partial charge on any atom is 0.232 e. The van der Waals surface area contributed by atoms with Gasteiger partial charge in [0.1, 0.15) is 4.32 Å². The van der Waals surface area contributed by atoms with Crippen molar-refractivity contribution in [1.29, 1.82) is 0 Å². The highest BCUT2D eigenvalue weighted by Crippen LogP contribution is 2.25. The highest BCUT2D eigenvalue weighted by atomic mass is 32.2. The quantitative estimate of drug-likeness (QED) is 0.715. The van der Waals surface area contributed by atoms with Gasteiger partial charge in [0.05, 0.1) is 5.69 Å². The molecular formula is C12H13NOS2. The van der Waals surface area contributed by atoms with E-state index in [2.05, 4.69) is 0 Å². The highest BCUT2D eigenvalue weighted by Gasteiger charge is 2.23. The summed E-state index contributed by atoms with van der Waals surface area (Å²) >= 11 is 6.87. The van der Waals surface area contributed by atoms with E-state index in [1.165, 1.54) is 0 Å². The Morgan fingerprint density at radius 3 is 3.00 bits per heavy atom. The molecule has 1 aromatic carbocycles. The molecule has 84 valence electrons. The van der Waals surface area contributed by atoms with Crippen LogP contribution in [0.25, 0.3) is 0 Å². The van der Waals surface area contributed by atoms with Crippen LogP contribution < -0.4 is 4.90 Å². The van der Waals surface area contributed by atoms with E-state index in [4.69, 9.17) is 12.2 Å². The smallest absolute Gasteiger partial charge is 0.232 e. The third-order valence-electron chi connectivity index (χ3n) is 2.45. The number of thiocarbonyl (C=S) groups is 1. The van der Waals surface area contributed by atoms with Crippen LogP contribution in [-0.4, -0.2) is 16.0 Å². The first-order valence-corrected chi connectivity index (χ1v) is 6.64. The number of hydrogen-bond acceptors (Lipinski definition) is 3. The summed E-state index contributed by atoms with van der Waals surface area (Å²) in [5.74, 6) is 1.05. The third-order valence-corrected chi connectivity index (χ3v) is 3.91. The van der Waals surface area contributed by atoms with Crippen LogP contribution in [0.5, 0.6) is 0 Å². The van der Waals surface area contributed by atoms with Crippen LogP contribution in [0.1, 0.15) is 18.4 Å². The van der Waals surface area contributed by atoms with Crippen molar-refractivity contribution in [3.63, 3.8) is 0 Å². The number of anilines is 1. The molecule has 0 radical (unpaired) electrons. The number of amides is 1. The first-order chi connectivity index (χ1) is 7.68. The Bertz CT molecular complexity index is 413. The van der Waals surface area contributed by atoms with Gasteiger partial charge < -0.3 is 0 Å². The van der Waals surface area contributed by atoms with E-state index in [1.54, 1.807) is 16.7 Å². The maximum absolute atomic E-state index is 12.0. The number of benzene rings is 1. The van der Waals surface area contributed by atoms with Crippen LogP contribution in [0.15, 0.2) is 24.3 Å². The molecule has 0 aliphatic carbocycles. The van der Waals surface area contributed by atoms with E-state index in [9.17, 15) is 4.79 Å². The van der Waals surface area contributed by atoms with E-state index in [-0.39, 0.29) is 5.91 Å². The average Bonchev–Trinajstić information content (AvgIpc) is 2.40. The van der Waals surface area contributed by atoms with Crippen molar-refractivity contribution < 1.29 is 4.79 Å². The second kappa shape index (κ2) is 4.97. The van der Waals surface area contributed by atoms with Gasteiger partial charge in [-0.15, -0.1) is 0 Å². The molecule has 0 aromatic heterocycles. The van der Waals surface area contributed by atoms with Gasteiger partial charge in [0.25, 0.3) is 0 Å².